The number of rotatable bonds is 6. The minimum atomic E-state index is 0.172. The molecule has 1 N–H and O–H groups in total. The quantitative estimate of drug-likeness (QED) is 0.852. The van der Waals surface area contributed by atoms with E-state index in [2.05, 4.69) is 55.6 Å². The molecule has 1 unspecified atom stereocenters. The van der Waals surface area contributed by atoms with Crippen molar-refractivity contribution in [3.05, 3.63) is 65.2 Å². The van der Waals surface area contributed by atoms with Gasteiger partial charge in [-0.15, -0.1) is 0 Å². The Morgan fingerprint density at radius 2 is 1.85 bits per heavy atom. The van der Waals surface area contributed by atoms with Gasteiger partial charge in [-0.3, -0.25) is 0 Å². The SMILES string of the molecule is CCCNC(c1ccccc1)c1cc(C)ccc1OC. The van der Waals surface area contributed by atoms with E-state index >= 15 is 0 Å². The largest absolute Gasteiger partial charge is 0.496 e. The Morgan fingerprint density at radius 3 is 2.50 bits per heavy atom. The van der Waals surface area contributed by atoms with E-state index in [1.807, 2.05) is 12.1 Å². The Balaban J connectivity index is 2.43. The highest BCUT2D eigenvalue weighted by Gasteiger charge is 2.17. The summed E-state index contributed by atoms with van der Waals surface area (Å²) < 4.78 is 5.54. The Kier molecular flexibility index (Phi) is 5.19. The summed E-state index contributed by atoms with van der Waals surface area (Å²) in [5.74, 6) is 0.938. The summed E-state index contributed by atoms with van der Waals surface area (Å²) >= 11 is 0. The Morgan fingerprint density at radius 1 is 1.10 bits per heavy atom. The molecule has 2 rings (SSSR count). The van der Waals surface area contributed by atoms with Gasteiger partial charge >= 0.3 is 0 Å². The molecule has 0 fully saturated rings. The monoisotopic (exact) mass is 269 g/mol. The molecule has 0 heterocycles. The highest BCUT2D eigenvalue weighted by molar-refractivity contribution is 5.43. The molecule has 0 saturated heterocycles. The number of benzene rings is 2. The van der Waals surface area contributed by atoms with Crippen LogP contribution in [0.4, 0.5) is 0 Å². The molecule has 0 saturated carbocycles. The van der Waals surface area contributed by atoms with Crippen molar-refractivity contribution < 1.29 is 4.74 Å². The molecule has 2 aromatic carbocycles. The maximum absolute atomic E-state index is 5.54. The Hall–Kier alpha value is -1.80. The van der Waals surface area contributed by atoms with Gasteiger partial charge < -0.3 is 10.1 Å². The van der Waals surface area contributed by atoms with Gasteiger partial charge in [-0.1, -0.05) is 55.0 Å². The van der Waals surface area contributed by atoms with Gasteiger partial charge in [-0.25, -0.2) is 0 Å². The third-order valence-corrected chi connectivity index (χ3v) is 3.43. The lowest BCUT2D eigenvalue weighted by molar-refractivity contribution is 0.403. The van der Waals surface area contributed by atoms with Crippen molar-refractivity contribution in [2.45, 2.75) is 26.3 Å². The topological polar surface area (TPSA) is 21.3 Å². The fraction of sp³-hybridized carbons (Fsp3) is 0.333. The van der Waals surface area contributed by atoms with Gasteiger partial charge in [-0.2, -0.15) is 0 Å². The summed E-state index contributed by atoms with van der Waals surface area (Å²) in [6, 6.07) is 17.1. The third-order valence-electron chi connectivity index (χ3n) is 3.43. The summed E-state index contributed by atoms with van der Waals surface area (Å²) in [6.45, 7) is 5.28. The molecule has 0 aliphatic carbocycles. The van der Waals surface area contributed by atoms with E-state index in [9.17, 15) is 0 Å². The van der Waals surface area contributed by atoms with Crippen LogP contribution in [-0.4, -0.2) is 13.7 Å². The van der Waals surface area contributed by atoms with Crippen molar-refractivity contribution in [1.29, 1.82) is 0 Å². The summed E-state index contributed by atoms with van der Waals surface area (Å²) in [4.78, 5) is 0. The van der Waals surface area contributed by atoms with Crippen molar-refractivity contribution in [1.82, 2.24) is 5.32 Å². The van der Waals surface area contributed by atoms with E-state index in [0.717, 1.165) is 18.7 Å². The van der Waals surface area contributed by atoms with Gasteiger partial charge in [0.05, 0.1) is 13.2 Å². The van der Waals surface area contributed by atoms with Gasteiger partial charge in [0, 0.05) is 5.56 Å². The van der Waals surface area contributed by atoms with Gasteiger partial charge in [-0.05, 0) is 31.5 Å². The summed E-state index contributed by atoms with van der Waals surface area (Å²) in [6.07, 6.45) is 1.11. The first-order valence-electron chi connectivity index (χ1n) is 7.19. The van der Waals surface area contributed by atoms with Crippen LogP contribution in [0.15, 0.2) is 48.5 Å². The number of ether oxygens (including phenoxy) is 1. The highest BCUT2D eigenvalue weighted by Crippen LogP contribution is 2.30. The van der Waals surface area contributed by atoms with E-state index in [1.165, 1.54) is 16.7 Å². The van der Waals surface area contributed by atoms with Gasteiger partial charge in [0.1, 0.15) is 5.75 Å². The maximum atomic E-state index is 5.54. The first kappa shape index (κ1) is 14.6. The van der Waals surface area contributed by atoms with Gasteiger partial charge in [0.25, 0.3) is 0 Å². The first-order valence-corrected chi connectivity index (χ1v) is 7.19. The third kappa shape index (κ3) is 3.40. The highest BCUT2D eigenvalue weighted by atomic mass is 16.5. The van der Waals surface area contributed by atoms with Crippen molar-refractivity contribution in [2.24, 2.45) is 0 Å². The molecule has 20 heavy (non-hydrogen) atoms. The molecule has 2 aromatic rings. The van der Waals surface area contributed by atoms with Gasteiger partial charge in [0.2, 0.25) is 0 Å². The summed E-state index contributed by atoms with van der Waals surface area (Å²) in [7, 11) is 1.73. The van der Waals surface area contributed by atoms with Crippen LogP contribution in [-0.2, 0) is 0 Å². The molecular weight excluding hydrogens is 246 g/mol. The van der Waals surface area contributed by atoms with Crippen LogP contribution >= 0.6 is 0 Å². The minimum Gasteiger partial charge on any atom is -0.496 e. The second kappa shape index (κ2) is 7.11. The average Bonchev–Trinajstić information content (AvgIpc) is 2.49. The second-order valence-electron chi connectivity index (χ2n) is 5.04. The van der Waals surface area contributed by atoms with E-state index in [-0.39, 0.29) is 6.04 Å². The van der Waals surface area contributed by atoms with Crippen LogP contribution in [0.1, 0.15) is 36.1 Å². The number of methoxy groups -OCH3 is 1. The van der Waals surface area contributed by atoms with Gasteiger partial charge in [0.15, 0.2) is 0 Å². The molecule has 0 aliphatic heterocycles. The van der Waals surface area contributed by atoms with Crippen molar-refractivity contribution in [3.63, 3.8) is 0 Å². The molecule has 106 valence electrons. The molecule has 1 atom stereocenters. The number of aryl methyl sites for hydroxylation is 1. The lowest BCUT2D eigenvalue weighted by atomic mass is 9.96. The van der Waals surface area contributed by atoms with Crippen LogP contribution in [0.25, 0.3) is 0 Å². The number of hydrogen-bond acceptors (Lipinski definition) is 2. The standard InChI is InChI=1S/C18H23NO/c1-4-12-19-18(15-8-6-5-7-9-15)16-13-14(2)10-11-17(16)20-3/h5-11,13,18-19H,4,12H2,1-3H3. The predicted molar refractivity (Wildman–Crippen MR) is 84.3 cm³/mol. The average molecular weight is 269 g/mol. The normalized spacial score (nSPS) is 12.2. The molecular formula is C18H23NO. The lowest BCUT2D eigenvalue weighted by Crippen LogP contribution is -2.23. The molecule has 2 heteroatoms. The lowest BCUT2D eigenvalue weighted by Gasteiger charge is -2.22. The van der Waals surface area contributed by atoms with E-state index in [4.69, 9.17) is 4.74 Å². The molecule has 0 aromatic heterocycles. The van der Waals surface area contributed by atoms with Crippen molar-refractivity contribution in [3.8, 4) is 5.75 Å². The van der Waals surface area contributed by atoms with Crippen LogP contribution in [0.3, 0.4) is 0 Å². The zero-order chi connectivity index (χ0) is 14.4. The fourth-order valence-electron chi connectivity index (χ4n) is 2.42. The molecule has 0 radical (unpaired) electrons. The molecule has 0 aliphatic rings. The van der Waals surface area contributed by atoms with Crippen molar-refractivity contribution in [2.75, 3.05) is 13.7 Å². The molecule has 0 bridgehead atoms. The van der Waals surface area contributed by atoms with E-state index < -0.39 is 0 Å². The Labute approximate surface area is 121 Å². The van der Waals surface area contributed by atoms with Crippen LogP contribution < -0.4 is 10.1 Å². The minimum absolute atomic E-state index is 0.172. The number of hydrogen-bond donors (Lipinski definition) is 1. The first-order chi connectivity index (χ1) is 9.76. The molecule has 0 amide bonds. The maximum Gasteiger partial charge on any atom is 0.123 e. The van der Waals surface area contributed by atoms with E-state index in [0.29, 0.717) is 0 Å². The predicted octanol–water partition coefficient (Wildman–Crippen LogP) is 4.09. The summed E-state index contributed by atoms with van der Waals surface area (Å²) in [5, 5.41) is 3.62. The van der Waals surface area contributed by atoms with Crippen molar-refractivity contribution >= 4 is 0 Å². The Bertz CT molecular complexity index is 536. The zero-order valence-corrected chi connectivity index (χ0v) is 12.5. The fourth-order valence-corrected chi connectivity index (χ4v) is 2.42. The van der Waals surface area contributed by atoms with Crippen LogP contribution in [0.5, 0.6) is 5.75 Å². The smallest absolute Gasteiger partial charge is 0.123 e. The number of nitrogens with one attached hydrogen (secondary N) is 1. The van der Waals surface area contributed by atoms with Crippen LogP contribution in [0, 0.1) is 6.92 Å². The van der Waals surface area contributed by atoms with E-state index in [1.54, 1.807) is 7.11 Å². The second-order valence-corrected chi connectivity index (χ2v) is 5.04. The van der Waals surface area contributed by atoms with Crippen LogP contribution in [0.2, 0.25) is 0 Å². The zero-order valence-electron chi connectivity index (χ0n) is 12.5. The molecule has 2 nitrogen and oxygen atoms in total. The molecule has 0 spiro atoms. The summed E-state index contributed by atoms with van der Waals surface area (Å²) in [5.41, 5.74) is 3.72.